The van der Waals surface area contributed by atoms with E-state index in [1.807, 2.05) is 30.3 Å². The van der Waals surface area contributed by atoms with E-state index in [9.17, 15) is 18.0 Å². The Bertz CT molecular complexity index is 1530. The highest BCUT2D eigenvalue weighted by molar-refractivity contribution is 6.00. The molecule has 10 heteroatoms. The molecule has 0 aliphatic carbocycles. The van der Waals surface area contributed by atoms with Crippen LogP contribution in [0.2, 0.25) is 0 Å². The average molecular weight is 464 g/mol. The van der Waals surface area contributed by atoms with Gasteiger partial charge in [-0.1, -0.05) is 42.5 Å². The Labute approximate surface area is 192 Å². The van der Waals surface area contributed by atoms with E-state index in [1.54, 1.807) is 43.3 Å². The minimum atomic E-state index is -4.70. The molecule has 1 amide bonds. The van der Waals surface area contributed by atoms with E-state index in [-0.39, 0.29) is 23.4 Å². The lowest BCUT2D eigenvalue weighted by atomic mass is 10.0. The van der Waals surface area contributed by atoms with Gasteiger partial charge < -0.3 is 4.90 Å². The first-order valence-corrected chi connectivity index (χ1v) is 10.4. The van der Waals surface area contributed by atoms with Gasteiger partial charge in [-0.05, 0) is 16.8 Å². The topological polar surface area (TPSA) is 68.3 Å². The van der Waals surface area contributed by atoms with Crippen molar-refractivity contribution in [3.63, 3.8) is 0 Å². The van der Waals surface area contributed by atoms with E-state index < -0.39 is 17.8 Å². The number of alkyl halides is 3. The third-order valence-electron chi connectivity index (χ3n) is 5.58. The molecule has 0 N–H and O–H groups in total. The number of halogens is 3. The predicted octanol–water partition coefficient (Wildman–Crippen LogP) is 4.57. The summed E-state index contributed by atoms with van der Waals surface area (Å²) in [5.41, 5.74) is 0.264. The van der Waals surface area contributed by atoms with Crippen LogP contribution in [0.4, 0.5) is 13.2 Å². The van der Waals surface area contributed by atoms with Crippen molar-refractivity contribution >= 4 is 22.3 Å². The Morgan fingerprint density at radius 2 is 1.82 bits per heavy atom. The average Bonchev–Trinajstić information content (AvgIpc) is 3.42. The highest BCUT2D eigenvalue weighted by Crippen LogP contribution is 2.35. The molecule has 0 unspecified atom stereocenters. The molecule has 5 aromatic rings. The molecule has 0 bridgehead atoms. The first-order chi connectivity index (χ1) is 16.2. The van der Waals surface area contributed by atoms with E-state index in [0.717, 1.165) is 28.6 Å². The summed E-state index contributed by atoms with van der Waals surface area (Å²) in [4.78, 5) is 19.1. The lowest BCUT2D eigenvalue weighted by Gasteiger charge is -2.16. The summed E-state index contributed by atoms with van der Waals surface area (Å²) in [7, 11) is 3.33. The van der Waals surface area contributed by atoms with Crippen LogP contribution in [0.25, 0.3) is 27.7 Å². The van der Waals surface area contributed by atoms with Crippen LogP contribution in [0.15, 0.2) is 67.1 Å². The largest absolute Gasteiger partial charge is 0.433 e. The molecule has 0 atom stereocenters. The molecular formula is C24H19F3N6O. The molecule has 0 saturated carbocycles. The number of benzene rings is 2. The van der Waals surface area contributed by atoms with E-state index >= 15 is 0 Å². The van der Waals surface area contributed by atoms with E-state index in [1.165, 1.54) is 4.90 Å². The molecule has 3 heterocycles. The van der Waals surface area contributed by atoms with Crippen LogP contribution in [0.1, 0.15) is 21.6 Å². The number of carbonyl (C=O) groups is 1. The smallest absolute Gasteiger partial charge is 0.337 e. The fraction of sp³-hybridized carbons (Fsp3) is 0.167. The molecule has 0 radical (unpaired) electrons. The number of amides is 1. The lowest BCUT2D eigenvalue weighted by molar-refractivity contribution is -0.142. The number of aromatic nitrogens is 5. The molecular weight excluding hydrogens is 445 g/mol. The molecule has 0 aliphatic rings. The number of nitrogens with zero attached hydrogens (tertiary/aromatic N) is 6. The molecule has 7 nitrogen and oxygen atoms in total. The minimum Gasteiger partial charge on any atom is -0.337 e. The number of fused-ring (bicyclic) bond motifs is 2. The van der Waals surface area contributed by atoms with E-state index in [0.29, 0.717) is 10.1 Å². The Hall–Kier alpha value is -4.21. The summed E-state index contributed by atoms with van der Waals surface area (Å²) < 4.78 is 44.3. The molecule has 0 fully saturated rings. The summed E-state index contributed by atoms with van der Waals surface area (Å²) in [6.45, 7) is 0.235. The van der Waals surface area contributed by atoms with Gasteiger partial charge in [0.05, 0.1) is 18.1 Å². The third kappa shape index (κ3) is 3.76. The summed E-state index contributed by atoms with van der Waals surface area (Å²) in [5, 5.41) is 9.57. The molecule has 0 aliphatic heterocycles. The quantitative estimate of drug-likeness (QED) is 0.391. The van der Waals surface area contributed by atoms with Gasteiger partial charge in [-0.3, -0.25) is 9.48 Å². The standard InChI is InChI=1S/C24H19F3N6O/c1-31(13-15-11-28-32(2)14-15)23(34)19-12-29-33-21(24(25,26)27)10-20(30-22(19)33)18-9-5-7-16-6-3-4-8-17(16)18/h3-12,14H,13H2,1-2H3. The van der Waals surface area contributed by atoms with E-state index in [2.05, 4.69) is 15.2 Å². The Balaban J connectivity index is 1.66. The molecule has 2 aromatic carbocycles. The van der Waals surface area contributed by atoms with Crippen LogP contribution in [0.5, 0.6) is 0 Å². The van der Waals surface area contributed by atoms with Crippen molar-refractivity contribution in [2.45, 2.75) is 12.7 Å². The normalized spacial score (nSPS) is 11.9. The van der Waals surface area contributed by atoms with Gasteiger partial charge in [0.2, 0.25) is 0 Å². The monoisotopic (exact) mass is 464 g/mol. The molecule has 0 spiro atoms. The second-order valence-electron chi connectivity index (χ2n) is 8.03. The molecule has 3 aromatic heterocycles. The minimum absolute atomic E-state index is 0.0148. The van der Waals surface area contributed by atoms with Crippen molar-refractivity contribution in [3.05, 3.63) is 83.9 Å². The second-order valence-corrected chi connectivity index (χ2v) is 8.03. The molecule has 0 saturated heterocycles. The zero-order valence-corrected chi connectivity index (χ0v) is 18.3. The van der Waals surface area contributed by atoms with Gasteiger partial charge in [-0.25, -0.2) is 9.50 Å². The van der Waals surface area contributed by atoms with Gasteiger partial charge in [-0.15, -0.1) is 0 Å². The summed E-state index contributed by atoms with van der Waals surface area (Å²) >= 11 is 0. The van der Waals surface area contributed by atoms with Gasteiger partial charge in [0.1, 0.15) is 5.56 Å². The Morgan fingerprint density at radius 1 is 1.06 bits per heavy atom. The number of hydrogen-bond donors (Lipinski definition) is 0. The van der Waals surface area contributed by atoms with Crippen LogP contribution >= 0.6 is 0 Å². The maximum Gasteiger partial charge on any atom is 0.433 e. The van der Waals surface area contributed by atoms with Crippen LogP contribution in [-0.2, 0) is 19.8 Å². The summed E-state index contributed by atoms with van der Waals surface area (Å²) in [5.74, 6) is -0.491. The first-order valence-electron chi connectivity index (χ1n) is 10.4. The highest BCUT2D eigenvalue weighted by atomic mass is 19.4. The summed E-state index contributed by atoms with van der Waals surface area (Å²) in [6, 6.07) is 13.7. The van der Waals surface area contributed by atoms with Crippen LogP contribution in [0.3, 0.4) is 0 Å². The third-order valence-corrected chi connectivity index (χ3v) is 5.58. The second kappa shape index (κ2) is 7.98. The van der Waals surface area contributed by atoms with Crippen LogP contribution in [-0.4, -0.2) is 42.2 Å². The Kier molecular flexibility index (Phi) is 5.07. The van der Waals surface area contributed by atoms with Crippen LogP contribution in [0, 0.1) is 0 Å². The van der Waals surface area contributed by atoms with Crippen LogP contribution < -0.4 is 0 Å². The van der Waals surface area contributed by atoms with Gasteiger partial charge in [0.15, 0.2) is 11.3 Å². The lowest BCUT2D eigenvalue weighted by Crippen LogP contribution is -2.26. The fourth-order valence-electron chi connectivity index (χ4n) is 4.01. The van der Waals surface area contributed by atoms with Crippen molar-refractivity contribution in [1.29, 1.82) is 0 Å². The molecule has 34 heavy (non-hydrogen) atoms. The molecule has 5 rings (SSSR count). The highest BCUT2D eigenvalue weighted by Gasteiger charge is 2.36. The van der Waals surface area contributed by atoms with Gasteiger partial charge in [-0.2, -0.15) is 23.4 Å². The van der Waals surface area contributed by atoms with Crippen molar-refractivity contribution in [2.75, 3.05) is 7.05 Å². The maximum absolute atomic E-state index is 14.0. The maximum atomic E-state index is 14.0. The predicted molar refractivity (Wildman–Crippen MR) is 120 cm³/mol. The SMILES string of the molecule is CN(Cc1cnn(C)c1)C(=O)c1cnn2c(C(F)(F)F)cc(-c3cccc4ccccc34)nc12. The van der Waals surface area contributed by atoms with Crippen molar-refractivity contribution in [1.82, 2.24) is 29.3 Å². The number of carbonyl (C=O) groups excluding carboxylic acids is 1. The summed E-state index contributed by atoms with van der Waals surface area (Å²) in [6.07, 6.45) is -0.183. The van der Waals surface area contributed by atoms with Crippen molar-refractivity contribution in [2.24, 2.45) is 7.05 Å². The zero-order chi connectivity index (χ0) is 24.0. The first kappa shape index (κ1) is 21.6. The number of rotatable bonds is 4. The fourth-order valence-corrected chi connectivity index (χ4v) is 4.01. The van der Waals surface area contributed by atoms with Gasteiger partial charge in [0, 0.05) is 38.0 Å². The van der Waals surface area contributed by atoms with E-state index in [4.69, 9.17) is 0 Å². The van der Waals surface area contributed by atoms with Gasteiger partial charge in [0.25, 0.3) is 5.91 Å². The van der Waals surface area contributed by atoms with Crippen molar-refractivity contribution in [3.8, 4) is 11.3 Å². The number of hydrogen-bond acceptors (Lipinski definition) is 4. The Morgan fingerprint density at radius 3 is 2.56 bits per heavy atom. The van der Waals surface area contributed by atoms with Gasteiger partial charge >= 0.3 is 6.18 Å². The molecule has 172 valence electrons. The zero-order valence-electron chi connectivity index (χ0n) is 18.3. The van der Waals surface area contributed by atoms with Crippen molar-refractivity contribution < 1.29 is 18.0 Å². The number of aryl methyl sites for hydroxylation is 1.